The lowest BCUT2D eigenvalue weighted by atomic mass is 10.2. The molecule has 0 bridgehead atoms. The highest BCUT2D eigenvalue weighted by Gasteiger charge is 2.16. The van der Waals surface area contributed by atoms with Crippen LogP contribution >= 0.6 is 23.4 Å². The second-order valence-electron chi connectivity index (χ2n) is 5.87. The van der Waals surface area contributed by atoms with Gasteiger partial charge in [-0.25, -0.2) is 4.98 Å². The number of carbonyl (C=O) groups is 1. The first-order valence-electron chi connectivity index (χ1n) is 8.02. The van der Waals surface area contributed by atoms with Crippen molar-refractivity contribution in [1.82, 2.24) is 10.1 Å². The minimum Gasteiger partial charge on any atom is -0.361 e. The van der Waals surface area contributed by atoms with Crippen LogP contribution in [-0.4, -0.2) is 16.0 Å². The van der Waals surface area contributed by atoms with Crippen LogP contribution in [0, 0.1) is 20.8 Å². The fraction of sp³-hybridized carbons (Fsp3) is 0.211. The Kier molecular flexibility index (Phi) is 5.64. The molecule has 0 saturated heterocycles. The molecule has 0 spiro atoms. The van der Waals surface area contributed by atoms with Crippen LogP contribution < -0.4 is 5.32 Å². The van der Waals surface area contributed by atoms with Crippen molar-refractivity contribution in [3.8, 4) is 0 Å². The van der Waals surface area contributed by atoms with E-state index in [-0.39, 0.29) is 5.91 Å². The van der Waals surface area contributed by atoms with Gasteiger partial charge in [0.1, 0.15) is 10.8 Å². The summed E-state index contributed by atoms with van der Waals surface area (Å²) in [6, 6.07) is 8.94. The van der Waals surface area contributed by atoms with Gasteiger partial charge in [-0.15, -0.1) is 11.8 Å². The quantitative estimate of drug-likeness (QED) is 0.610. The number of nitrogens with one attached hydrogen (secondary N) is 1. The Hall–Kier alpha value is -2.31. The first-order valence-corrected chi connectivity index (χ1v) is 9.39. The minimum absolute atomic E-state index is 0.223. The lowest BCUT2D eigenvalue weighted by Gasteiger charge is -2.10. The third kappa shape index (κ3) is 4.08. The maximum Gasteiger partial charge on any atom is 0.258 e. The van der Waals surface area contributed by atoms with Gasteiger partial charge in [-0.05, 0) is 50.6 Å². The lowest BCUT2D eigenvalue weighted by molar-refractivity contribution is 0.102. The Morgan fingerprint density at radius 1 is 1.27 bits per heavy atom. The van der Waals surface area contributed by atoms with E-state index in [1.165, 1.54) is 11.8 Å². The van der Waals surface area contributed by atoms with Crippen LogP contribution in [0.25, 0.3) is 0 Å². The van der Waals surface area contributed by atoms with E-state index < -0.39 is 0 Å². The summed E-state index contributed by atoms with van der Waals surface area (Å²) < 4.78 is 5.19. The molecule has 3 rings (SSSR count). The minimum atomic E-state index is -0.223. The van der Waals surface area contributed by atoms with Crippen LogP contribution in [0.3, 0.4) is 0 Å². The van der Waals surface area contributed by atoms with Gasteiger partial charge in [-0.2, -0.15) is 0 Å². The van der Waals surface area contributed by atoms with Crippen LogP contribution in [-0.2, 0) is 5.75 Å². The van der Waals surface area contributed by atoms with Crippen LogP contribution in [0.4, 0.5) is 5.69 Å². The van der Waals surface area contributed by atoms with E-state index in [0.29, 0.717) is 27.1 Å². The van der Waals surface area contributed by atoms with Gasteiger partial charge in [0.05, 0.1) is 11.3 Å². The number of benzene rings is 1. The molecule has 2 heterocycles. The van der Waals surface area contributed by atoms with E-state index in [1.54, 1.807) is 24.4 Å². The number of aromatic nitrogens is 2. The third-order valence-electron chi connectivity index (χ3n) is 3.98. The summed E-state index contributed by atoms with van der Waals surface area (Å²) in [6.07, 6.45) is 1.68. The second-order valence-corrected chi connectivity index (χ2v) is 7.24. The number of thioether (sulfide) groups is 1. The summed E-state index contributed by atoms with van der Waals surface area (Å²) in [6.45, 7) is 5.70. The largest absolute Gasteiger partial charge is 0.361 e. The highest BCUT2D eigenvalue weighted by atomic mass is 35.5. The van der Waals surface area contributed by atoms with Crippen molar-refractivity contribution in [2.45, 2.75) is 31.6 Å². The number of nitrogens with zero attached hydrogens (tertiary/aromatic N) is 2. The van der Waals surface area contributed by atoms with Crippen LogP contribution in [0.5, 0.6) is 0 Å². The van der Waals surface area contributed by atoms with Gasteiger partial charge in [0, 0.05) is 28.2 Å². The Morgan fingerprint density at radius 2 is 2.08 bits per heavy atom. The highest BCUT2D eigenvalue weighted by Crippen LogP contribution is 2.28. The average Bonchev–Trinajstić information content (AvgIpc) is 2.94. The summed E-state index contributed by atoms with van der Waals surface area (Å²) in [5, 5.41) is 8.10. The summed E-state index contributed by atoms with van der Waals surface area (Å²) in [5.41, 5.74) is 4.00. The molecule has 0 unspecified atom stereocenters. The number of anilines is 1. The van der Waals surface area contributed by atoms with Gasteiger partial charge in [0.15, 0.2) is 0 Å². The fourth-order valence-corrected chi connectivity index (χ4v) is 3.72. The number of halogens is 1. The van der Waals surface area contributed by atoms with E-state index in [9.17, 15) is 4.79 Å². The van der Waals surface area contributed by atoms with E-state index in [1.807, 2.05) is 32.9 Å². The first-order chi connectivity index (χ1) is 12.5. The van der Waals surface area contributed by atoms with Crippen molar-refractivity contribution in [3.63, 3.8) is 0 Å². The number of carbonyl (C=O) groups excluding carboxylic acids is 1. The molecular formula is C19H18ClN3O2S. The van der Waals surface area contributed by atoms with Gasteiger partial charge in [-0.1, -0.05) is 22.8 Å². The summed E-state index contributed by atoms with van der Waals surface area (Å²) in [5.74, 6) is 1.19. The van der Waals surface area contributed by atoms with Crippen LogP contribution in [0.2, 0.25) is 5.02 Å². The molecule has 5 nitrogen and oxygen atoms in total. The van der Waals surface area contributed by atoms with E-state index in [2.05, 4.69) is 15.5 Å². The molecule has 0 aliphatic carbocycles. The Bertz CT molecular complexity index is 936. The van der Waals surface area contributed by atoms with Gasteiger partial charge >= 0.3 is 0 Å². The molecular weight excluding hydrogens is 370 g/mol. The van der Waals surface area contributed by atoms with E-state index >= 15 is 0 Å². The molecule has 0 radical (unpaired) electrons. The van der Waals surface area contributed by atoms with Gasteiger partial charge in [0.2, 0.25) is 0 Å². The predicted octanol–water partition coefficient (Wildman–Crippen LogP) is 5.19. The summed E-state index contributed by atoms with van der Waals surface area (Å²) in [4.78, 5) is 17.0. The first kappa shape index (κ1) is 18.5. The number of aryl methyl sites for hydroxylation is 3. The average molecular weight is 388 g/mol. The summed E-state index contributed by atoms with van der Waals surface area (Å²) in [7, 11) is 0. The molecule has 3 aromatic rings. The van der Waals surface area contributed by atoms with E-state index in [4.69, 9.17) is 16.1 Å². The highest BCUT2D eigenvalue weighted by molar-refractivity contribution is 7.98. The molecule has 0 saturated carbocycles. The molecule has 0 aliphatic rings. The number of rotatable bonds is 5. The molecule has 0 fully saturated rings. The molecule has 134 valence electrons. The molecule has 1 amide bonds. The van der Waals surface area contributed by atoms with E-state index in [0.717, 1.165) is 22.6 Å². The van der Waals surface area contributed by atoms with Crippen molar-refractivity contribution in [2.24, 2.45) is 0 Å². The third-order valence-corrected chi connectivity index (χ3v) is 5.42. The van der Waals surface area contributed by atoms with Crippen molar-refractivity contribution in [2.75, 3.05) is 5.32 Å². The van der Waals surface area contributed by atoms with Crippen molar-refractivity contribution in [3.05, 3.63) is 69.7 Å². The Balaban J connectivity index is 1.77. The fourth-order valence-electron chi connectivity index (χ4n) is 2.40. The zero-order valence-corrected chi connectivity index (χ0v) is 16.2. The van der Waals surface area contributed by atoms with Gasteiger partial charge < -0.3 is 9.84 Å². The second kappa shape index (κ2) is 7.93. The zero-order chi connectivity index (χ0) is 18.7. The van der Waals surface area contributed by atoms with Crippen molar-refractivity contribution >= 4 is 35.0 Å². The smallest absolute Gasteiger partial charge is 0.258 e. The number of hydrogen-bond acceptors (Lipinski definition) is 5. The van der Waals surface area contributed by atoms with Crippen LogP contribution in [0.1, 0.15) is 32.9 Å². The van der Waals surface area contributed by atoms with Gasteiger partial charge in [0.25, 0.3) is 5.91 Å². The number of hydrogen-bond donors (Lipinski definition) is 1. The monoisotopic (exact) mass is 387 g/mol. The normalized spacial score (nSPS) is 10.8. The SMILES string of the molecule is Cc1ccc(NC(=O)c2cccnc2SCc2c(C)noc2C)cc1Cl. The predicted molar refractivity (Wildman–Crippen MR) is 104 cm³/mol. The van der Waals surface area contributed by atoms with Crippen molar-refractivity contribution in [1.29, 1.82) is 0 Å². The Morgan fingerprint density at radius 3 is 2.77 bits per heavy atom. The van der Waals surface area contributed by atoms with Crippen molar-refractivity contribution < 1.29 is 9.32 Å². The maximum atomic E-state index is 12.7. The van der Waals surface area contributed by atoms with Gasteiger partial charge in [-0.3, -0.25) is 4.79 Å². The lowest BCUT2D eigenvalue weighted by Crippen LogP contribution is -2.13. The zero-order valence-electron chi connectivity index (χ0n) is 14.7. The molecule has 0 atom stereocenters. The molecule has 26 heavy (non-hydrogen) atoms. The van der Waals surface area contributed by atoms with Crippen LogP contribution in [0.15, 0.2) is 46.1 Å². The molecule has 7 heteroatoms. The standard InChI is InChI=1S/C19H18ClN3O2S/c1-11-6-7-14(9-17(11)20)22-18(24)15-5-4-8-21-19(15)26-10-16-12(2)23-25-13(16)3/h4-9H,10H2,1-3H3,(H,22,24). The number of pyridine rings is 1. The molecule has 1 N–H and O–H groups in total. The maximum absolute atomic E-state index is 12.7. The summed E-state index contributed by atoms with van der Waals surface area (Å²) >= 11 is 7.61. The number of amides is 1. The molecule has 1 aromatic carbocycles. The molecule has 2 aromatic heterocycles. The Labute approximate surface area is 161 Å². The molecule has 0 aliphatic heterocycles. The topological polar surface area (TPSA) is 68.0 Å².